The van der Waals surface area contributed by atoms with Crippen LogP contribution < -0.4 is 16.4 Å². The van der Waals surface area contributed by atoms with Crippen molar-refractivity contribution in [1.82, 2.24) is 10.1 Å². The SMILES string of the molecule is CC(C)(C)c1cc(NC(=O)Nc2ccc(Sc3ccnc(CC(N)=O)c3)cc2)on1. The third kappa shape index (κ3) is 6.08. The molecule has 1 aromatic carbocycles. The quantitative estimate of drug-likeness (QED) is 0.544. The average Bonchev–Trinajstić information content (AvgIpc) is 3.12. The van der Waals surface area contributed by atoms with Crippen molar-refractivity contribution in [2.45, 2.75) is 42.4 Å². The monoisotopic (exact) mass is 425 g/mol. The molecule has 3 rings (SSSR count). The van der Waals surface area contributed by atoms with E-state index in [1.54, 1.807) is 24.4 Å². The zero-order valence-corrected chi connectivity index (χ0v) is 17.7. The number of hydrogen-bond acceptors (Lipinski definition) is 6. The van der Waals surface area contributed by atoms with Crippen LogP contribution in [0.25, 0.3) is 0 Å². The van der Waals surface area contributed by atoms with Gasteiger partial charge in [0.2, 0.25) is 11.8 Å². The van der Waals surface area contributed by atoms with E-state index in [-0.39, 0.29) is 17.7 Å². The fraction of sp³-hybridized carbons (Fsp3) is 0.238. The first-order valence-electron chi connectivity index (χ1n) is 9.25. The second-order valence-electron chi connectivity index (χ2n) is 7.66. The van der Waals surface area contributed by atoms with Gasteiger partial charge in [0.25, 0.3) is 0 Å². The summed E-state index contributed by atoms with van der Waals surface area (Å²) in [6.45, 7) is 6.04. The van der Waals surface area contributed by atoms with Crippen LogP contribution in [0.2, 0.25) is 0 Å². The lowest BCUT2D eigenvalue weighted by Crippen LogP contribution is -2.19. The smallest absolute Gasteiger partial charge is 0.326 e. The van der Waals surface area contributed by atoms with Crippen LogP contribution in [-0.4, -0.2) is 22.1 Å². The van der Waals surface area contributed by atoms with Crippen molar-refractivity contribution in [3.63, 3.8) is 0 Å². The Balaban J connectivity index is 1.57. The van der Waals surface area contributed by atoms with Crippen molar-refractivity contribution < 1.29 is 14.1 Å². The number of nitrogens with two attached hydrogens (primary N) is 1. The van der Waals surface area contributed by atoms with Crippen molar-refractivity contribution in [3.8, 4) is 0 Å². The maximum absolute atomic E-state index is 12.2. The molecular weight excluding hydrogens is 402 g/mol. The number of nitrogens with zero attached hydrogens (tertiary/aromatic N) is 2. The minimum atomic E-state index is -0.419. The van der Waals surface area contributed by atoms with Crippen molar-refractivity contribution in [2.75, 3.05) is 10.6 Å². The Bertz CT molecular complexity index is 1040. The number of anilines is 2. The molecular formula is C21H23N5O3S. The summed E-state index contributed by atoms with van der Waals surface area (Å²) in [6.07, 6.45) is 1.75. The summed E-state index contributed by atoms with van der Waals surface area (Å²) < 4.78 is 5.16. The van der Waals surface area contributed by atoms with Crippen molar-refractivity contribution >= 4 is 35.3 Å². The first-order chi connectivity index (χ1) is 14.2. The van der Waals surface area contributed by atoms with Crippen LogP contribution in [0.3, 0.4) is 0 Å². The van der Waals surface area contributed by atoms with E-state index in [1.165, 1.54) is 11.8 Å². The van der Waals surface area contributed by atoms with Crippen LogP contribution in [0.4, 0.5) is 16.4 Å². The first kappa shape index (κ1) is 21.4. The maximum Gasteiger partial charge on any atom is 0.326 e. The predicted molar refractivity (Wildman–Crippen MR) is 116 cm³/mol. The molecule has 8 nitrogen and oxygen atoms in total. The number of primary amides is 1. The van der Waals surface area contributed by atoms with Gasteiger partial charge < -0.3 is 15.6 Å². The molecule has 4 N–H and O–H groups in total. The highest BCUT2D eigenvalue weighted by Crippen LogP contribution is 2.29. The van der Waals surface area contributed by atoms with Gasteiger partial charge in [0, 0.05) is 33.2 Å². The fourth-order valence-electron chi connectivity index (χ4n) is 2.50. The number of urea groups is 1. The molecule has 0 saturated carbocycles. The fourth-order valence-corrected chi connectivity index (χ4v) is 3.37. The highest BCUT2D eigenvalue weighted by molar-refractivity contribution is 7.99. The molecule has 9 heteroatoms. The number of carbonyl (C=O) groups excluding carboxylic acids is 2. The summed E-state index contributed by atoms with van der Waals surface area (Å²) in [6, 6.07) is 12.4. The molecule has 2 heterocycles. The third-order valence-electron chi connectivity index (χ3n) is 4.01. The molecule has 0 aliphatic rings. The molecule has 0 radical (unpaired) electrons. The zero-order valence-electron chi connectivity index (χ0n) is 16.9. The van der Waals surface area contributed by atoms with Crippen LogP contribution in [0.5, 0.6) is 0 Å². The Morgan fingerprint density at radius 1 is 1.07 bits per heavy atom. The van der Waals surface area contributed by atoms with Gasteiger partial charge in [0.1, 0.15) is 0 Å². The Morgan fingerprint density at radius 3 is 2.43 bits per heavy atom. The number of aromatic nitrogens is 2. The molecule has 2 aromatic heterocycles. The zero-order chi connectivity index (χ0) is 21.7. The number of benzene rings is 1. The lowest BCUT2D eigenvalue weighted by atomic mass is 9.92. The van der Waals surface area contributed by atoms with Crippen LogP contribution >= 0.6 is 11.8 Å². The second kappa shape index (κ2) is 9.00. The van der Waals surface area contributed by atoms with E-state index in [1.807, 2.05) is 45.0 Å². The molecule has 0 atom stereocenters. The van der Waals surface area contributed by atoms with Crippen molar-refractivity contribution in [2.24, 2.45) is 5.73 Å². The molecule has 3 amide bonds. The third-order valence-corrected chi connectivity index (χ3v) is 5.00. The minimum absolute atomic E-state index is 0.106. The van der Waals surface area contributed by atoms with Gasteiger partial charge in [-0.25, -0.2) is 4.79 Å². The van der Waals surface area contributed by atoms with E-state index < -0.39 is 11.9 Å². The van der Waals surface area contributed by atoms with Gasteiger partial charge in [-0.05, 0) is 36.4 Å². The summed E-state index contributed by atoms with van der Waals surface area (Å²) in [5.41, 5.74) is 7.08. The molecule has 0 fully saturated rings. The van der Waals surface area contributed by atoms with E-state index in [2.05, 4.69) is 20.8 Å². The van der Waals surface area contributed by atoms with Crippen LogP contribution in [0.1, 0.15) is 32.2 Å². The first-order valence-corrected chi connectivity index (χ1v) is 10.1. The predicted octanol–water partition coefficient (Wildman–Crippen LogP) is 4.19. The number of pyridine rings is 1. The van der Waals surface area contributed by atoms with Gasteiger partial charge in [0.15, 0.2) is 0 Å². The van der Waals surface area contributed by atoms with E-state index in [4.69, 9.17) is 10.3 Å². The highest BCUT2D eigenvalue weighted by Gasteiger charge is 2.19. The maximum atomic E-state index is 12.2. The Morgan fingerprint density at radius 2 is 1.80 bits per heavy atom. The van der Waals surface area contributed by atoms with E-state index in [9.17, 15) is 9.59 Å². The summed E-state index contributed by atoms with van der Waals surface area (Å²) in [5.74, 6) is -0.132. The van der Waals surface area contributed by atoms with E-state index in [0.717, 1.165) is 15.5 Å². The molecule has 0 bridgehead atoms. The number of rotatable bonds is 6. The van der Waals surface area contributed by atoms with Crippen LogP contribution in [0, 0.1) is 0 Å². The minimum Gasteiger partial charge on any atom is -0.369 e. The summed E-state index contributed by atoms with van der Waals surface area (Å²) in [5, 5.41) is 9.35. The highest BCUT2D eigenvalue weighted by atomic mass is 32.2. The van der Waals surface area contributed by atoms with Gasteiger partial charge in [-0.1, -0.05) is 37.7 Å². The molecule has 30 heavy (non-hydrogen) atoms. The number of nitrogens with one attached hydrogen (secondary N) is 2. The molecule has 0 unspecified atom stereocenters. The topological polar surface area (TPSA) is 123 Å². The van der Waals surface area contributed by atoms with E-state index in [0.29, 0.717) is 11.4 Å². The van der Waals surface area contributed by atoms with Gasteiger partial charge in [-0.15, -0.1) is 0 Å². The Hall–Kier alpha value is -3.33. The molecule has 0 aliphatic heterocycles. The summed E-state index contributed by atoms with van der Waals surface area (Å²) >= 11 is 1.52. The van der Waals surface area contributed by atoms with Gasteiger partial charge in [0.05, 0.1) is 17.8 Å². The molecule has 0 aliphatic carbocycles. The lowest BCUT2D eigenvalue weighted by Gasteiger charge is -2.12. The van der Waals surface area contributed by atoms with Crippen molar-refractivity contribution in [3.05, 3.63) is 60.0 Å². The van der Waals surface area contributed by atoms with Gasteiger partial charge in [-0.3, -0.25) is 15.1 Å². The van der Waals surface area contributed by atoms with Gasteiger partial charge >= 0.3 is 6.03 Å². The largest absolute Gasteiger partial charge is 0.369 e. The normalized spacial score (nSPS) is 11.2. The van der Waals surface area contributed by atoms with Crippen LogP contribution in [0.15, 0.2) is 63.0 Å². The van der Waals surface area contributed by atoms with Gasteiger partial charge in [-0.2, -0.15) is 0 Å². The molecule has 3 aromatic rings. The Kier molecular flexibility index (Phi) is 6.41. The Labute approximate surface area is 178 Å². The lowest BCUT2D eigenvalue weighted by molar-refractivity contribution is -0.117. The molecule has 156 valence electrons. The van der Waals surface area contributed by atoms with E-state index >= 15 is 0 Å². The molecule has 0 saturated heterocycles. The standard InChI is InChI=1S/C21H23N5O3S/c1-21(2,3)17-12-19(29-26-17)25-20(28)24-13-4-6-15(7-5-13)30-16-8-9-23-14(10-16)11-18(22)27/h4-10,12H,11H2,1-3H3,(H2,22,27)(H2,24,25,28). The summed E-state index contributed by atoms with van der Waals surface area (Å²) in [4.78, 5) is 29.3. The average molecular weight is 426 g/mol. The van der Waals surface area contributed by atoms with Crippen molar-refractivity contribution in [1.29, 1.82) is 0 Å². The summed E-state index contributed by atoms with van der Waals surface area (Å²) in [7, 11) is 0. The van der Waals surface area contributed by atoms with Crippen LogP contribution in [-0.2, 0) is 16.6 Å². The second-order valence-corrected chi connectivity index (χ2v) is 8.80. The molecule has 0 spiro atoms. The number of hydrogen-bond donors (Lipinski definition) is 3. The number of carbonyl (C=O) groups is 2. The number of amides is 3.